The van der Waals surface area contributed by atoms with Gasteiger partial charge in [0.2, 0.25) is 5.69 Å². The maximum absolute atomic E-state index is 2.39. The van der Waals surface area contributed by atoms with Crippen molar-refractivity contribution in [2.75, 3.05) is 6.54 Å². The third kappa shape index (κ3) is 1.64. The Morgan fingerprint density at radius 2 is 2.15 bits per heavy atom. The molecular formula is C12H16N+. The van der Waals surface area contributed by atoms with Gasteiger partial charge in [0.25, 0.3) is 0 Å². The van der Waals surface area contributed by atoms with E-state index in [2.05, 4.69) is 42.0 Å². The molecule has 68 valence electrons. The number of unbranched alkanes of at least 4 members (excludes halogenated alkanes) is 1. The van der Waals surface area contributed by atoms with E-state index in [4.69, 9.17) is 0 Å². The van der Waals surface area contributed by atoms with Gasteiger partial charge in [0, 0.05) is 18.1 Å². The molecule has 0 aromatic heterocycles. The van der Waals surface area contributed by atoms with E-state index in [1.54, 1.807) is 0 Å². The van der Waals surface area contributed by atoms with Crippen LogP contribution in [0.4, 0.5) is 5.69 Å². The topological polar surface area (TPSA) is 3.01 Å². The zero-order valence-electron chi connectivity index (χ0n) is 8.16. The maximum atomic E-state index is 2.39. The highest BCUT2D eigenvalue weighted by atomic mass is 15.0. The Morgan fingerprint density at radius 3 is 3.00 bits per heavy atom. The summed E-state index contributed by atoms with van der Waals surface area (Å²) in [6.45, 7) is 3.41. The molecule has 0 fully saturated rings. The largest absolute Gasteiger partial charge is 0.208 e. The van der Waals surface area contributed by atoms with Gasteiger partial charge in [-0.15, -0.1) is 0 Å². The van der Waals surface area contributed by atoms with Gasteiger partial charge in [-0.25, -0.2) is 4.58 Å². The van der Waals surface area contributed by atoms with Crippen LogP contribution < -0.4 is 0 Å². The summed E-state index contributed by atoms with van der Waals surface area (Å²) in [6.07, 6.45) is 5.97. The van der Waals surface area contributed by atoms with Crippen LogP contribution in [0.2, 0.25) is 0 Å². The van der Waals surface area contributed by atoms with Crippen molar-refractivity contribution in [2.24, 2.45) is 0 Å². The first kappa shape index (κ1) is 8.49. The lowest BCUT2D eigenvalue weighted by molar-refractivity contribution is -0.433. The predicted octanol–water partition coefficient (Wildman–Crippen LogP) is 2.76. The highest BCUT2D eigenvalue weighted by molar-refractivity contribution is 5.66. The Morgan fingerprint density at radius 1 is 1.31 bits per heavy atom. The highest BCUT2D eigenvalue weighted by Crippen LogP contribution is 2.23. The summed E-state index contributed by atoms with van der Waals surface area (Å²) < 4.78 is 2.39. The van der Waals surface area contributed by atoms with E-state index in [1.165, 1.54) is 30.6 Å². The van der Waals surface area contributed by atoms with E-state index >= 15 is 0 Å². The summed E-state index contributed by atoms with van der Waals surface area (Å²) in [5.74, 6) is 0. The van der Waals surface area contributed by atoms with Crippen LogP contribution in [-0.4, -0.2) is 17.3 Å². The van der Waals surface area contributed by atoms with Crippen LogP contribution in [-0.2, 0) is 6.42 Å². The molecule has 2 rings (SSSR count). The summed E-state index contributed by atoms with van der Waals surface area (Å²) in [4.78, 5) is 0. The van der Waals surface area contributed by atoms with E-state index in [-0.39, 0.29) is 0 Å². The predicted molar refractivity (Wildman–Crippen MR) is 55.9 cm³/mol. The minimum Gasteiger partial charge on any atom is -0.202 e. The number of para-hydroxylation sites is 1. The zero-order valence-corrected chi connectivity index (χ0v) is 8.16. The van der Waals surface area contributed by atoms with Crippen molar-refractivity contribution in [1.29, 1.82) is 0 Å². The van der Waals surface area contributed by atoms with Crippen LogP contribution in [0.25, 0.3) is 0 Å². The van der Waals surface area contributed by atoms with Crippen molar-refractivity contribution in [3.63, 3.8) is 0 Å². The van der Waals surface area contributed by atoms with Crippen LogP contribution >= 0.6 is 0 Å². The average molecular weight is 174 g/mol. The Balaban J connectivity index is 2.16. The Kier molecular flexibility index (Phi) is 2.44. The molecule has 0 radical (unpaired) electrons. The molecule has 0 amide bonds. The first-order chi connectivity index (χ1) is 6.42. The zero-order chi connectivity index (χ0) is 9.10. The molecule has 0 N–H and O–H groups in total. The summed E-state index contributed by atoms with van der Waals surface area (Å²) in [5.41, 5.74) is 2.88. The van der Waals surface area contributed by atoms with Crippen molar-refractivity contribution < 1.29 is 4.58 Å². The van der Waals surface area contributed by atoms with Crippen molar-refractivity contribution in [2.45, 2.75) is 26.2 Å². The molecular weight excluding hydrogens is 158 g/mol. The lowest BCUT2D eigenvalue weighted by atomic mass is 10.1. The molecule has 13 heavy (non-hydrogen) atoms. The molecule has 0 atom stereocenters. The number of fused-ring (bicyclic) bond motifs is 1. The molecule has 0 bridgehead atoms. The Bertz CT molecular complexity index is 326. The molecule has 0 saturated heterocycles. The second-order valence-electron chi connectivity index (χ2n) is 3.56. The van der Waals surface area contributed by atoms with Gasteiger partial charge in [0.05, 0.1) is 6.42 Å². The summed E-state index contributed by atoms with van der Waals surface area (Å²) in [6, 6.07) is 8.68. The van der Waals surface area contributed by atoms with E-state index < -0.39 is 0 Å². The van der Waals surface area contributed by atoms with E-state index in [9.17, 15) is 0 Å². The van der Waals surface area contributed by atoms with E-state index in [0.717, 1.165) is 6.42 Å². The average Bonchev–Trinajstić information content (AvgIpc) is 2.58. The molecule has 0 unspecified atom stereocenters. The van der Waals surface area contributed by atoms with Gasteiger partial charge in [-0.05, 0) is 0 Å². The molecule has 0 saturated carbocycles. The van der Waals surface area contributed by atoms with Crippen LogP contribution in [0.1, 0.15) is 25.3 Å². The molecule has 1 aromatic rings. The number of hydrogen-bond acceptors (Lipinski definition) is 0. The maximum Gasteiger partial charge on any atom is 0.208 e. The van der Waals surface area contributed by atoms with Gasteiger partial charge >= 0.3 is 0 Å². The summed E-state index contributed by atoms with van der Waals surface area (Å²) in [7, 11) is 0. The highest BCUT2D eigenvalue weighted by Gasteiger charge is 2.19. The summed E-state index contributed by atoms with van der Waals surface area (Å²) in [5, 5.41) is 0. The quantitative estimate of drug-likeness (QED) is 0.620. The SMILES string of the molecule is CCCC[N+]1=CCc2ccccc21. The lowest BCUT2D eigenvalue weighted by Crippen LogP contribution is -2.04. The van der Waals surface area contributed by atoms with Crippen molar-refractivity contribution in [3.05, 3.63) is 29.8 Å². The fourth-order valence-electron chi connectivity index (χ4n) is 1.81. The lowest BCUT2D eigenvalue weighted by Gasteiger charge is -1.98. The number of hydrogen-bond donors (Lipinski definition) is 0. The molecule has 1 heteroatoms. The molecule has 0 spiro atoms. The smallest absolute Gasteiger partial charge is 0.202 e. The van der Waals surface area contributed by atoms with E-state index in [1.807, 2.05) is 0 Å². The number of benzene rings is 1. The molecule has 1 nitrogen and oxygen atoms in total. The minimum absolute atomic E-state index is 1.11. The van der Waals surface area contributed by atoms with Crippen molar-refractivity contribution in [3.8, 4) is 0 Å². The molecule has 1 aliphatic heterocycles. The standard InChI is InChI=1S/C12H16N/c1-2-3-9-13-10-8-11-6-4-5-7-12(11)13/h4-7,10H,2-3,8-9H2,1H3/q+1. The van der Waals surface area contributed by atoms with Gasteiger partial charge in [-0.2, -0.15) is 0 Å². The molecule has 1 aliphatic rings. The molecule has 0 aliphatic carbocycles. The Hall–Kier alpha value is -1.11. The van der Waals surface area contributed by atoms with Gasteiger partial charge in [-0.1, -0.05) is 31.5 Å². The Labute approximate surface area is 79.7 Å². The van der Waals surface area contributed by atoms with Gasteiger partial charge in [-0.3, -0.25) is 0 Å². The van der Waals surface area contributed by atoms with Crippen LogP contribution in [0, 0.1) is 0 Å². The number of nitrogens with zero attached hydrogens (tertiary/aromatic N) is 1. The third-order valence-electron chi connectivity index (χ3n) is 2.59. The van der Waals surface area contributed by atoms with Gasteiger partial charge in [0.1, 0.15) is 12.8 Å². The van der Waals surface area contributed by atoms with Gasteiger partial charge < -0.3 is 0 Å². The first-order valence-electron chi connectivity index (χ1n) is 5.09. The van der Waals surface area contributed by atoms with Gasteiger partial charge in [0.15, 0.2) is 0 Å². The molecule has 1 heterocycles. The van der Waals surface area contributed by atoms with Crippen molar-refractivity contribution in [1.82, 2.24) is 0 Å². The number of rotatable bonds is 3. The van der Waals surface area contributed by atoms with Crippen LogP contribution in [0.3, 0.4) is 0 Å². The third-order valence-corrected chi connectivity index (χ3v) is 2.59. The van der Waals surface area contributed by atoms with Crippen molar-refractivity contribution >= 4 is 11.9 Å². The monoisotopic (exact) mass is 174 g/mol. The second kappa shape index (κ2) is 3.73. The fourth-order valence-corrected chi connectivity index (χ4v) is 1.81. The van der Waals surface area contributed by atoms with Crippen LogP contribution in [0.15, 0.2) is 24.3 Å². The fraction of sp³-hybridized carbons (Fsp3) is 0.417. The molecule has 1 aromatic carbocycles. The second-order valence-corrected chi connectivity index (χ2v) is 3.56. The minimum atomic E-state index is 1.11. The van der Waals surface area contributed by atoms with E-state index in [0.29, 0.717) is 0 Å². The normalized spacial score (nSPS) is 14.1. The van der Waals surface area contributed by atoms with Crippen LogP contribution in [0.5, 0.6) is 0 Å². The summed E-state index contributed by atoms with van der Waals surface area (Å²) >= 11 is 0. The first-order valence-corrected chi connectivity index (χ1v) is 5.09.